The zero-order valence-electron chi connectivity index (χ0n) is 11.8. The fourth-order valence-corrected chi connectivity index (χ4v) is 2.80. The third-order valence-electron chi connectivity index (χ3n) is 4.39. The van der Waals surface area contributed by atoms with Gasteiger partial charge in [0.2, 0.25) is 0 Å². The quantitative estimate of drug-likeness (QED) is 0.907. The highest BCUT2D eigenvalue weighted by molar-refractivity contribution is 5.50. The van der Waals surface area contributed by atoms with Crippen molar-refractivity contribution in [3.05, 3.63) is 17.7 Å². The third-order valence-corrected chi connectivity index (χ3v) is 4.39. The van der Waals surface area contributed by atoms with Crippen LogP contribution in [-0.4, -0.2) is 25.1 Å². The number of anilines is 2. The van der Waals surface area contributed by atoms with Gasteiger partial charge < -0.3 is 10.2 Å². The van der Waals surface area contributed by atoms with Crippen LogP contribution in [0, 0.1) is 17.0 Å². The van der Waals surface area contributed by atoms with E-state index in [2.05, 4.69) is 24.1 Å². The average molecular weight is 269 g/mol. The number of aromatic nitrogens is 1. The van der Waals surface area contributed by atoms with E-state index in [9.17, 15) is 8.78 Å². The molecule has 5 heteroatoms. The van der Waals surface area contributed by atoms with E-state index in [0.29, 0.717) is 0 Å². The summed E-state index contributed by atoms with van der Waals surface area (Å²) in [6.45, 7) is 5.90. The molecule has 1 aromatic rings. The van der Waals surface area contributed by atoms with Crippen molar-refractivity contribution in [2.75, 3.05) is 30.4 Å². The number of rotatable bonds is 4. The van der Waals surface area contributed by atoms with Crippen molar-refractivity contribution < 1.29 is 8.78 Å². The molecule has 19 heavy (non-hydrogen) atoms. The van der Waals surface area contributed by atoms with Gasteiger partial charge in [0.25, 0.3) is 0 Å². The minimum Gasteiger partial charge on any atom is -0.371 e. The van der Waals surface area contributed by atoms with Gasteiger partial charge in [0, 0.05) is 26.2 Å². The molecule has 0 amide bonds. The Bertz CT molecular complexity index is 458. The molecule has 1 aromatic heterocycles. The number of hydrogen-bond donors (Lipinski definition) is 1. The van der Waals surface area contributed by atoms with Crippen molar-refractivity contribution in [2.45, 2.75) is 33.1 Å². The SMILES string of the molecule is CCC1(CC)CCN(c2nc(NC)c(F)cc2F)C1. The first-order valence-corrected chi connectivity index (χ1v) is 6.84. The summed E-state index contributed by atoms with van der Waals surface area (Å²) in [5, 5.41) is 2.66. The van der Waals surface area contributed by atoms with Crippen LogP contribution in [0.4, 0.5) is 20.4 Å². The molecule has 1 fully saturated rings. The summed E-state index contributed by atoms with van der Waals surface area (Å²) in [6, 6.07) is 0.909. The Morgan fingerprint density at radius 3 is 2.53 bits per heavy atom. The number of hydrogen-bond acceptors (Lipinski definition) is 3. The fraction of sp³-hybridized carbons (Fsp3) is 0.643. The molecule has 0 aromatic carbocycles. The fourth-order valence-electron chi connectivity index (χ4n) is 2.80. The molecule has 0 radical (unpaired) electrons. The van der Waals surface area contributed by atoms with E-state index in [0.717, 1.165) is 38.4 Å². The van der Waals surface area contributed by atoms with Crippen LogP contribution in [-0.2, 0) is 0 Å². The van der Waals surface area contributed by atoms with Gasteiger partial charge in [0.05, 0.1) is 0 Å². The molecule has 1 aliphatic heterocycles. The molecule has 0 atom stereocenters. The van der Waals surface area contributed by atoms with Crippen LogP contribution in [0.25, 0.3) is 0 Å². The molecule has 0 aliphatic carbocycles. The van der Waals surface area contributed by atoms with Gasteiger partial charge in [-0.2, -0.15) is 0 Å². The highest BCUT2D eigenvalue weighted by atomic mass is 19.1. The highest BCUT2D eigenvalue weighted by Gasteiger charge is 2.36. The van der Waals surface area contributed by atoms with Crippen LogP contribution in [0.2, 0.25) is 0 Å². The molecule has 3 nitrogen and oxygen atoms in total. The Morgan fingerprint density at radius 2 is 2.00 bits per heavy atom. The zero-order chi connectivity index (χ0) is 14.0. The second kappa shape index (κ2) is 5.31. The number of pyridine rings is 1. The molecule has 1 N–H and O–H groups in total. The Hall–Kier alpha value is -1.39. The largest absolute Gasteiger partial charge is 0.371 e. The summed E-state index contributed by atoms with van der Waals surface area (Å²) in [5.74, 6) is -0.879. The van der Waals surface area contributed by atoms with E-state index >= 15 is 0 Å². The summed E-state index contributed by atoms with van der Waals surface area (Å²) in [5.41, 5.74) is 0.238. The second-order valence-electron chi connectivity index (χ2n) is 5.25. The van der Waals surface area contributed by atoms with Gasteiger partial charge in [0.1, 0.15) is 0 Å². The lowest BCUT2D eigenvalue weighted by Gasteiger charge is -2.27. The minimum atomic E-state index is -0.653. The lowest BCUT2D eigenvalue weighted by molar-refractivity contribution is 0.301. The Labute approximate surface area is 113 Å². The van der Waals surface area contributed by atoms with E-state index in [1.165, 1.54) is 0 Å². The lowest BCUT2D eigenvalue weighted by atomic mass is 9.82. The molecule has 1 saturated heterocycles. The van der Waals surface area contributed by atoms with Gasteiger partial charge in [-0.1, -0.05) is 13.8 Å². The summed E-state index contributed by atoms with van der Waals surface area (Å²) >= 11 is 0. The van der Waals surface area contributed by atoms with Crippen molar-refractivity contribution in [1.82, 2.24) is 4.98 Å². The molecule has 2 heterocycles. The number of nitrogens with one attached hydrogen (secondary N) is 1. The number of nitrogens with zero attached hydrogens (tertiary/aromatic N) is 2. The Morgan fingerprint density at radius 1 is 1.32 bits per heavy atom. The van der Waals surface area contributed by atoms with Crippen LogP contribution in [0.3, 0.4) is 0 Å². The van der Waals surface area contributed by atoms with Crippen LogP contribution >= 0.6 is 0 Å². The second-order valence-corrected chi connectivity index (χ2v) is 5.25. The Balaban J connectivity index is 2.29. The van der Waals surface area contributed by atoms with Crippen LogP contribution < -0.4 is 10.2 Å². The molecule has 1 aliphatic rings. The van der Waals surface area contributed by atoms with Gasteiger partial charge in [-0.25, -0.2) is 13.8 Å². The summed E-state index contributed by atoms with van der Waals surface area (Å²) in [7, 11) is 1.58. The maximum atomic E-state index is 13.9. The smallest absolute Gasteiger partial charge is 0.168 e. The standard InChI is InChI=1S/C14H21F2N3/c1-4-14(5-2)6-7-19(9-14)13-11(16)8-10(15)12(17-3)18-13/h8H,4-7,9H2,1-3H3,(H,17,18). The van der Waals surface area contributed by atoms with Gasteiger partial charge in [0.15, 0.2) is 23.3 Å². The van der Waals surface area contributed by atoms with Crippen molar-refractivity contribution in [1.29, 1.82) is 0 Å². The Kier molecular flexibility index (Phi) is 3.92. The first-order valence-electron chi connectivity index (χ1n) is 6.84. The normalized spacial score (nSPS) is 17.8. The first kappa shape index (κ1) is 14.0. The zero-order valence-corrected chi connectivity index (χ0v) is 11.8. The number of halogens is 2. The van der Waals surface area contributed by atoms with Crippen molar-refractivity contribution in [3.8, 4) is 0 Å². The molecule has 106 valence electrons. The van der Waals surface area contributed by atoms with E-state index in [-0.39, 0.29) is 17.1 Å². The van der Waals surface area contributed by atoms with E-state index in [4.69, 9.17) is 0 Å². The molecule has 2 rings (SSSR count). The monoisotopic (exact) mass is 269 g/mol. The molecule has 0 bridgehead atoms. The molecular formula is C14H21F2N3. The van der Waals surface area contributed by atoms with Crippen LogP contribution in [0.1, 0.15) is 33.1 Å². The summed E-state index contributed by atoms with van der Waals surface area (Å²) < 4.78 is 27.3. The predicted molar refractivity (Wildman–Crippen MR) is 73.5 cm³/mol. The topological polar surface area (TPSA) is 28.2 Å². The molecule has 0 unspecified atom stereocenters. The van der Waals surface area contributed by atoms with Crippen LogP contribution in [0.5, 0.6) is 0 Å². The van der Waals surface area contributed by atoms with Gasteiger partial charge in [-0.15, -0.1) is 0 Å². The van der Waals surface area contributed by atoms with Crippen molar-refractivity contribution in [2.24, 2.45) is 5.41 Å². The van der Waals surface area contributed by atoms with Gasteiger partial charge in [-0.3, -0.25) is 0 Å². The summed E-state index contributed by atoms with van der Waals surface area (Å²) in [6.07, 6.45) is 3.18. The van der Waals surface area contributed by atoms with Gasteiger partial charge in [-0.05, 0) is 24.7 Å². The van der Waals surface area contributed by atoms with E-state index in [1.54, 1.807) is 7.05 Å². The lowest BCUT2D eigenvalue weighted by Crippen LogP contribution is -2.27. The first-order chi connectivity index (χ1) is 9.05. The third kappa shape index (κ3) is 2.51. The van der Waals surface area contributed by atoms with Gasteiger partial charge >= 0.3 is 0 Å². The highest BCUT2D eigenvalue weighted by Crippen LogP contribution is 2.39. The molecule has 0 spiro atoms. The maximum Gasteiger partial charge on any atom is 0.168 e. The maximum absolute atomic E-state index is 13.9. The molecule has 0 saturated carbocycles. The van der Waals surface area contributed by atoms with Crippen molar-refractivity contribution >= 4 is 11.6 Å². The predicted octanol–water partition coefficient (Wildman–Crippen LogP) is 3.42. The van der Waals surface area contributed by atoms with E-state index in [1.807, 2.05) is 4.90 Å². The molecular weight excluding hydrogens is 248 g/mol. The average Bonchev–Trinajstić information content (AvgIpc) is 2.84. The van der Waals surface area contributed by atoms with E-state index < -0.39 is 11.6 Å². The minimum absolute atomic E-state index is 0.0990. The summed E-state index contributed by atoms with van der Waals surface area (Å²) in [4.78, 5) is 6.00. The van der Waals surface area contributed by atoms with Crippen molar-refractivity contribution in [3.63, 3.8) is 0 Å². The van der Waals surface area contributed by atoms with Crippen LogP contribution in [0.15, 0.2) is 6.07 Å².